The molecule has 5 nitrogen and oxygen atoms in total. The van der Waals surface area contributed by atoms with E-state index in [1.165, 1.54) is 11.1 Å². The summed E-state index contributed by atoms with van der Waals surface area (Å²) in [6.07, 6.45) is 0.960. The molecule has 162 valence electrons. The fraction of sp³-hybridized carbons (Fsp3) is 0.417. The van der Waals surface area contributed by atoms with Crippen LogP contribution in [0.15, 0.2) is 48.5 Å². The van der Waals surface area contributed by atoms with E-state index in [9.17, 15) is 9.59 Å². The molecule has 0 aromatic heterocycles. The Hall–Kier alpha value is -2.37. The first-order valence-corrected chi connectivity index (χ1v) is 10.3. The standard InChI is InChI=1S/C24H31N3O2.ClH/c1-16(2)19-8-10-20(11-9-19)21(25)14-26-24(29)22-12-13-23(28)27(22)15-18-6-4-17(3)5-7-18;/h4-11,16,21-22H,12-15,25H2,1-3H3,(H,26,29);1H. The van der Waals surface area contributed by atoms with Gasteiger partial charge in [0.2, 0.25) is 11.8 Å². The third-order valence-electron chi connectivity index (χ3n) is 5.63. The minimum atomic E-state index is -0.431. The maximum absolute atomic E-state index is 12.8. The fourth-order valence-electron chi connectivity index (χ4n) is 3.67. The number of nitrogens with one attached hydrogen (secondary N) is 1. The third-order valence-corrected chi connectivity index (χ3v) is 5.63. The van der Waals surface area contributed by atoms with Gasteiger partial charge in [0.1, 0.15) is 6.04 Å². The van der Waals surface area contributed by atoms with Gasteiger partial charge >= 0.3 is 0 Å². The van der Waals surface area contributed by atoms with Crippen molar-refractivity contribution in [2.45, 2.75) is 58.2 Å². The maximum Gasteiger partial charge on any atom is 0.242 e. The highest BCUT2D eigenvalue weighted by atomic mass is 35.5. The van der Waals surface area contributed by atoms with E-state index in [2.05, 4.69) is 31.3 Å². The first-order valence-electron chi connectivity index (χ1n) is 10.3. The molecule has 3 rings (SSSR count). The molecule has 3 N–H and O–H groups in total. The zero-order valence-electron chi connectivity index (χ0n) is 17.9. The molecule has 0 aliphatic carbocycles. The summed E-state index contributed by atoms with van der Waals surface area (Å²) >= 11 is 0. The van der Waals surface area contributed by atoms with Crippen LogP contribution >= 0.6 is 12.4 Å². The van der Waals surface area contributed by atoms with Gasteiger partial charge in [-0.15, -0.1) is 12.4 Å². The SMILES string of the molecule is Cc1ccc(CN2C(=O)CCC2C(=O)NCC(N)c2ccc(C(C)C)cc2)cc1.Cl. The number of aryl methyl sites for hydroxylation is 1. The summed E-state index contributed by atoms with van der Waals surface area (Å²) < 4.78 is 0. The predicted molar refractivity (Wildman–Crippen MR) is 122 cm³/mol. The molecule has 2 atom stereocenters. The number of halogens is 1. The number of likely N-dealkylation sites (tertiary alicyclic amines) is 1. The maximum atomic E-state index is 12.8. The van der Waals surface area contributed by atoms with Gasteiger partial charge in [-0.25, -0.2) is 0 Å². The van der Waals surface area contributed by atoms with Crippen molar-refractivity contribution in [3.8, 4) is 0 Å². The van der Waals surface area contributed by atoms with E-state index in [-0.39, 0.29) is 30.3 Å². The van der Waals surface area contributed by atoms with Crippen molar-refractivity contribution in [2.24, 2.45) is 5.73 Å². The van der Waals surface area contributed by atoms with E-state index < -0.39 is 6.04 Å². The Labute approximate surface area is 185 Å². The summed E-state index contributed by atoms with van der Waals surface area (Å²) in [6.45, 7) is 7.14. The van der Waals surface area contributed by atoms with Crippen molar-refractivity contribution in [1.29, 1.82) is 0 Å². The van der Waals surface area contributed by atoms with Crippen LogP contribution in [0.5, 0.6) is 0 Å². The molecule has 1 saturated heterocycles. The molecule has 0 bridgehead atoms. The first-order chi connectivity index (χ1) is 13.8. The molecular weight excluding hydrogens is 398 g/mol. The Morgan fingerprint density at radius 1 is 1.10 bits per heavy atom. The number of nitrogens with two attached hydrogens (primary N) is 1. The lowest BCUT2D eigenvalue weighted by Gasteiger charge is -2.25. The summed E-state index contributed by atoms with van der Waals surface area (Å²) in [5.41, 5.74) is 10.7. The molecule has 6 heteroatoms. The summed E-state index contributed by atoms with van der Waals surface area (Å²) in [5.74, 6) is 0.371. The average Bonchev–Trinajstić information content (AvgIpc) is 3.08. The predicted octanol–water partition coefficient (Wildman–Crippen LogP) is 3.85. The highest BCUT2D eigenvalue weighted by Crippen LogP contribution is 2.22. The van der Waals surface area contributed by atoms with E-state index in [0.717, 1.165) is 11.1 Å². The number of rotatable bonds is 7. The van der Waals surface area contributed by atoms with Gasteiger partial charge in [0.05, 0.1) is 0 Å². The lowest BCUT2D eigenvalue weighted by Crippen LogP contribution is -2.46. The lowest BCUT2D eigenvalue weighted by molar-refractivity contribution is -0.135. The number of carbonyl (C=O) groups excluding carboxylic acids is 2. The Kier molecular flexibility index (Phi) is 8.44. The minimum Gasteiger partial charge on any atom is -0.352 e. The van der Waals surface area contributed by atoms with Crippen molar-refractivity contribution in [1.82, 2.24) is 10.2 Å². The number of nitrogens with zero attached hydrogens (tertiary/aromatic N) is 1. The van der Waals surface area contributed by atoms with Crippen LogP contribution in [-0.2, 0) is 16.1 Å². The monoisotopic (exact) mass is 429 g/mol. The number of benzene rings is 2. The molecule has 1 heterocycles. The van der Waals surface area contributed by atoms with E-state index >= 15 is 0 Å². The molecule has 2 aromatic rings. The van der Waals surface area contributed by atoms with Crippen molar-refractivity contribution < 1.29 is 9.59 Å². The molecule has 0 spiro atoms. The topological polar surface area (TPSA) is 75.4 Å². The Morgan fingerprint density at radius 2 is 1.70 bits per heavy atom. The zero-order chi connectivity index (χ0) is 21.0. The smallest absolute Gasteiger partial charge is 0.242 e. The highest BCUT2D eigenvalue weighted by molar-refractivity contribution is 5.90. The molecular formula is C24H32ClN3O2. The van der Waals surface area contributed by atoms with Crippen LogP contribution in [0.1, 0.15) is 60.9 Å². The number of amides is 2. The molecule has 0 radical (unpaired) electrons. The molecule has 2 amide bonds. The van der Waals surface area contributed by atoms with Crippen LogP contribution in [0.2, 0.25) is 0 Å². The Morgan fingerprint density at radius 3 is 2.30 bits per heavy atom. The van der Waals surface area contributed by atoms with Crippen LogP contribution in [0, 0.1) is 6.92 Å². The minimum absolute atomic E-state index is 0. The van der Waals surface area contributed by atoms with Gasteiger partial charge in [-0.3, -0.25) is 9.59 Å². The molecule has 30 heavy (non-hydrogen) atoms. The molecule has 1 fully saturated rings. The van der Waals surface area contributed by atoms with Crippen molar-refractivity contribution >= 4 is 24.2 Å². The number of carbonyl (C=O) groups is 2. The lowest BCUT2D eigenvalue weighted by atomic mass is 9.99. The second kappa shape index (κ2) is 10.6. The van der Waals surface area contributed by atoms with E-state index in [1.54, 1.807) is 4.90 Å². The van der Waals surface area contributed by atoms with E-state index in [1.807, 2.05) is 43.3 Å². The number of hydrogen-bond acceptors (Lipinski definition) is 3. The van der Waals surface area contributed by atoms with Gasteiger partial charge in [-0.2, -0.15) is 0 Å². The van der Waals surface area contributed by atoms with Gasteiger partial charge in [0.15, 0.2) is 0 Å². The summed E-state index contributed by atoms with van der Waals surface area (Å²) in [7, 11) is 0. The van der Waals surface area contributed by atoms with Crippen LogP contribution in [0.25, 0.3) is 0 Å². The van der Waals surface area contributed by atoms with E-state index in [4.69, 9.17) is 5.73 Å². The van der Waals surface area contributed by atoms with Crippen molar-refractivity contribution in [3.05, 3.63) is 70.8 Å². The molecule has 2 aromatic carbocycles. The van der Waals surface area contributed by atoms with Crippen LogP contribution in [0.4, 0.5) is 0 Å². The second-order valence-electron chi connectivity index (χ2n) is 8.23. The Balaban J connectivity index is 0.00000320. The third kappa shape index (κ3) is 5.83. The van der Waals surface area contributed by atoms with Crippen LogP contribution in [0.3, 0.4) is 0 Å². The first kappa shape index (κ1) is 23.9. The normalized spacial score (nSPS) is 17.0. The average molecular weight is 430 g/mol. The highest BCUT2D eigenvalue weighted by Gasteiger charge is 2.35. The second-order valence-corrected chi connectivity index (χ2v) is 8.23. The van der Waals surface area contributed by atoms with Crippen molar-refractivity contribution in [3.63, 3.8) is 0 Å². The van der Waals surface area contributed by atoms with Crippen LogP contribution in [-0.4, -0.2) is 29.3 Å². The van der Waals surface area contributed by atoms with Gasteiger partial charge in [0.25, 0.3) is 0 Å². The Bertz CT molecular complexity index is 850. The van der Waals surface area contributed by atoms with E-state index in [0.29, 0.717) is 31.8 Å². The van der Waals surface area contributed by atoms with Crippen molar-refractivity contribution in [2.75, 3.05) is 6.54 Å². The van der Waals surface area contributed by atoms with Gasteiger partial charge in [-0.1, -0.05) is 67.9 Å². The molecule has 1 aliphatic rings. The quantitative estimate of drug-likeness (QED) is 0.701. The van der Waals surface area contributed by atoms with Gasteiger partial charge in [0, 0.05) is 25.6 Å². The molecule has 1 aliphatic heterocycles. The summed E-state index contributed by atoms with van der Waals surface area (Å²) in [4.78, 5) is 26.8. The summed E-state index contributed by atoms with van der Waals surface area (Å²) in [6, 6.07) is 15.6. The molecule has 0 saturated carbocycles. The zero-order valence-corrected chi connectivity index (χ0v) is 18.7. The fourth-order valence-corrected chi connectivity index (χ4v) is 3.67. The summed E-state index contributed by atoms with van der Waals surface area (Å²) in [5, 5.41) is 2.95. The van der Waals surface area contributed by atoms with Gasteiger partial charge in [-0.05, 0) is 36.0 Å². The van der Waals surface area contributed by atoms with Gasteiger partial charge < -0.3 is 16.0 Å². The molecule has 2 unspecified atom stereocenters. The largest absolute Gasteiger partial charge is 0.352 e. The van der Waals surface area contributed by atoms with Crippen LogP contribution < -0.4 is 11.1 Å². The number of hydrogen-bond donors (Lipinski definition) is 2.